The highest BCUT2D eigenvalue weighted by atomic mass is 35.5. The predicted octanol–water partition coefficient (Wildman–Crippen LogP) is 2.11. The summed E-state index contributed by atoms with van der Waals surface area (Å²) in [7, 11) is 0. The van der Waals surface area contributed by atoms with E-state index in [0.29, 0.717) is 24.9 Å². The topological polar surface area (TPSA) is 42.0 Å². The smallest absolute Gasteiger partial charge is 0.164 e. The zero-order valence-corrected chi connectivity index (χ0v) is 9.74. The number of rotatable bonds is 5. The molecule has 86 valence electrons. The van der Waals surface area contributed by atoms with Crippen LogP contribution in [0.15, 0.2) is 24.5 Å². The molecule has 1 rings (SSSR count). The summed E-state index contributed by atoms with van der Waals surface area (Å²) < 4.78 is 20.7. The summed E-state index contributed by atoms with van der Waals surface area (Å²) in [5.41, 5.74) is 0.566. The fourth-order valence-electron chi connectivity index (χ4n) is 1.01. The molecule has 0 bridgehead atoms. The van der Waals surface area contributed by atoms with Crippen molar-refractivity contribution < 1.29 is 8.91 Å². The summed E-state index contributed by atoms with van der Waals surface area (Å²) in [4.78, 5) is 15.4. The second-order valence-electron chi connectivity index (χ2n) is 2.70. The number of Topliss-reactive ketones (excluding diaryl/α,β-unsaturated/α-hetero) is 1. The largest absolute Gasteiger partial charge is 0.320 e. The van der Waals surface area contributed by atoms with Gasteiger partial charge in [-0.2, -0.15) is 0 Å². The Bertz CT molecular complexity index is 347. The molecule has 0 aliphatic heterocycles. The monoisotopic (exact) mass is 253 g/mol. The molecule has 0 fully saturated rings. The van der Waals surface area contributed by atoms with Gasteiger partial charge in [0.1, 0.15) is 0 Å². The summed E-state index contributed by atoms with van der Waals surface area (Å²) in [5.74, 6) is -0.0135. The van der Waals surface area contributed by atoms with Crippen molar-refractivity contribution in [2.75, 3.05) is 13.5 Å². The van der Waals surface area contributed by atoms with Crippen molar-refractivity contribution in [1.82, 2.24) is 10.3 Å². The lowest BCUT2D eigenvalue weighted by atomic mass is 10.1. The van der Waals surface area contributed by atoms with E-state index in [4.69, 9.17) is 4.11 Å². The van der Waals surface area contributed by atoms with Crippen molar-refractivity contribution in [3.63, 3.8) is 0 Å². The van der Waals surface area contributed by atoms with Gasteiger partial charge in [-0.25, -0.2) is 0 Å². The Labute approximate surface area is 107 Å². The average Bonchev–Trinajstić information content (AvgIpc) is 2.24. The van der Waals surface area contributed by atoms with Gasteiger partial charge in [-0.3, -0.25) is 9.78 Å². The maximum absolute atomic E-state index is 11.6. The minimum Gasteiger partial charge on any atom is -0.320 e. The maximum Gasteiger partial charge on any atom is 0.164 e. The van der Waals surface area contributed by atoms with Gasteiger partial charge in [-0.05, 0) is 32.1 Å². The summed E-state index contributed by atoms with van der Waals surface area (Å²) in [5, 5.41) is 2.36. The average molecular weight is 254 g/mol. The second kappa shape index (κ2) is 9.90. The molecule has 1 heterocycles. The zero-order chi connectivity index (χ0) is 12.0. The van der Waals surface area contributed by atoms with Crippen LogP contribution in [0.5, 0.6) is 0 Å². The van der Waals surface area contributed by atoms with E-state index >= 15 is 0 Å². The number of hydrogen-bond donors (Lipinski definition) is 1. The Morgan fingerprint density at radius 2 is 2.40 bits per heavy atom. The second-order valence-corrected chi connectivity index (χ2v) is 2.70. The lowest BCUT2D eigenvalue weighted by molar-refractivity contribution is 0.0980. The predicted molar refractivity (Wildman–Crippen MR) is 66.2 cm³/mol. The number of aromatic nitrogens is 1. The Kier molecular flexibility index (Phi) is 7.17. The highest BCUT2D eigenvalue weighted by Gasteiger charge is 2.03. The van der Waals surface area contributed by atoms with Gasteiger partial charge in [0.2, 0.25) is 0 Å². The number of carbonyl (C=O) groups is 1. The van der Waals surface area contributed by atoms with E-state index in [2.05, 4.69) is 10.3 Å². The number of hydrogen-bond acceptors (Lipinski definition) is 3. The van der Waals surface area contributed by atoms with Crippen molar-refractivity contribution >= 4 is 30.6 Å². The van der Waals surface area contributed by atoms with Gasteiger partial charge in [-0.15, -0.1) is 24.8 Å². The minimum atomic E-state index is -2.13. The molecule has 0 radical (unpaired) electrons. The molecular formula is C10H16Cl2N2O. The fraction of sp³-hybridized carbons (Fsp3) is 0.400. The van der Waals surface area contributed by atoms with E-state index in [1.165, 1.54) is 6.20 Å². The fourth-order valence-corrected chi connectivity index (χ4v) is 1.01. The molecule has 0 spiro atoms. The Morgan fingerprint density at radius 3 is 3.00 bits per heavy atom. The first-order chi connectivity index (χ1) is 7.49. The number of ketones is 1. The van der Waals surface area contributed by atoms with Crippen LogP contribution in [0.4, 0.5) is 0 Å². The molecule has 15 heavy (non-hydrogen) atoms. The van der Waals surface area contributed by atoms with E-state index in [1.807, 2.05) is 0 Å². The summed E-state index contributed by atoms with van der Waals surface area (Å²) >= 11 is 0. The Balaban J connectivity index is 0. The lowest BCUT2D eigenvalue weighted by Gasteiger charge is -1.99. The van der Waals surface area contributed by atoms with Gasteiger partial charge < -0.3 is 5.32 Å². The molecule has 0 aliphatic rings. The molecule has 1 N–H and O–H groups in total. The first-order valence-electron chi connectivity index (χ1n) is 5.67. The van der Waals surface area contributed by atoms with Crippen LogP contribution in [0.2, 0.25) is 0 Å². The maximum atomic E-state index is 11.6. The molecular weight excluding hydrogens is 235 g/mol. The molecule has 0 amide bonds. The number of halogens is 2. The Hall–Kier alpha value is -0.640. The third kappa shape index (κ3) is 6.44. The van der Waals surface area contributed by atoms with Crippen molar-refractivity contribution in [3.8, 4) is 0 Å². The van der Waals surface area contributed by atoms with E-state index in [9.17, 15) is 4.79 Å². The van der Waals surface area contributed by atoms with Crippen LogP contribution in [-0.2, 0) is 0 Å². The summed E-state index contributed by atoms with van der Waals surface area (Å²) in [6, 6.07) is 3.40. The molecule has 0 atom stereocenters. The van der Waals surface area contributed by atoms with Crippen LogP contribution < -0.4 is 5.32 Å². The standard InChI is InChI=1S/C10H14N2O.2ClH/c1-11-6-3-5-10(13)9-4-2-7-12-8-9;;/h2,4,7-8,11H,3,5-6H2,1H3;2*1H/i1D3;;. The van der Waals surface area contributed by atoms with Crippen LogP contribution >= 0.6 is 24.8 Å². The molecule has 0 unspecified atom stereocenters. The molecule has 1 aromatic rings. The number of nitrogens with one attached hydrogen (secondary N) is 1. The summed E-state index contributed by atoms with van der Waals surface area (Å²) in [6.45, 7) is -1.82. The molecule has 1 aromatic heterocycles. The molecule has 0 aromatic carbocycles. The molecule has 5 heteroatoms. The van der Waals surface area contributed by atoms with Gasteiger partial charge >= 0.3 is 0 Å². The molecule has 0 saturated carbocycles. The van der Waals surface area contributed by atoms with Crippen LogP contribution in [0.3, 0.4) is 0 Å². The normalized spacial score (nSPS) is 12.4. The van der Waals surface area contributed by atoms with E-state index in [1.54, 1.807) is 18.3 Å². The quantitative estimate of drug-likeness (QED) is 0.646. The minimum absolute atomic E-state index is 0. The first kappa shape index (κ1) is 10.9. The van der Waals surface area contributed by atoms with Gasteiger partial charge in [0.25, 0.3) is 0 Å². The summed E-state index contributed by atoms with van der Waals surface area (Å²) in [6.07, 6.45) is 3.95. The van der Waals surface area contributed by atoms with Crippen molar-refractivity contribution in [1.29, 1.82) is 0 Å². The number of nitrogens with zero attached hydrogens (tertiary/aromatic N) is 1. The highest BCUT2D eigenvalue weighted by Crippen LogP contribution is 2.02. The molecule has 3 nitrogen and oxygen atoms in total. The van der Waals surface area contributed by atoms with E-state index < -0.39 is 6.98 Å². The zero-order valence-electron chi connectivity index (χ0n) is 11.1. The van der Waals surface area contributed by atoms with Gasteiger partial charge in [0.05, 0.1) is 0 Å². The van der Waals surface area contributed by atoms with Crippen LogP contribution in [0.25, 0.3) is 0 Å². The van der Waals surface area contributed by atoms with Crippen molar-refractivity contribution in [2.45, 2.75) is 12.8 Å². The van der Waals surface area contributed by atoms with Gasteiger partial charge in [0, 0.05) is 28.5 Å². The van der Waals surface area contributed by atoms with Crippen LogP contribution in [-0.4, -0.2) is 24.3 Å². The molecule has 0 aliphatic carbocycles. The van der Waals surface area contributed by atoms with E-state index in [-0.39, 0.29) is 30.6 Å². The Morgan fingerprint density at radius 1 is 1.60 bits per heavy atom. The highest BCUT2D eigenvalue weighted by molar-refractivity contribution is 5.95. The van der Waals surface area contributed by atoms with Crippen molar-refractivity contribution in [3.05, 3.63) is 30.1 Å². The van der Waals surface area contributed by atoms with Crippen LogP contribution in [0, 0.1) is 0 Å². The number of pyridine rings is 1. The number of carbonyl (C=O) groups excluding carboxylic acids is 1. The van der Waals surface area contributed by atoms with Gasteiger partial charge in [0.15, 0.2) is 5.78 Å². The molecule has 0 saturated heterocycles. The first-order valence-corrected chi connectivity index (χ1v) is 4.17. The van der Waals surface area contributed by atoms with Crippen LogP contribution in [0.1, 0.15) is 27.3 Å². The van der Waals surface area contributed by atoms with Gasteiger partial charge in [-0.1, -0.05) is 0 Å². The third-order valence-corrected chi connectivity index (χ3v) is 1.69. The van der Waals surface area contributed by atoms with Crippen molar-refractivity contribution in [2.24, 2.45) is 0 Å². The van der Waals surface area contributed by atoms with E-state index in [0.717, 1.165) is 0 Å². The SMILES string of the molecule is Cl.Cl.[2H]C([2H])([2H])NCCCC(=O)c1cccnc1. The lowest BCUT2D eigenvalue weighted by Crippen LogP contribution is -2.10. The third-order valence-electron chi connectivity index (χ3n) is 1.69.